The predicted molar refractivity (Wildman–Crippen MR) is 204 cm³/mol. The van der Waals surface area contributed by atoms with Crippen molar-refractivity contribution in [2.24, 2.45) is 5.92 Å². The Balaban J connectivity index is 0.000000489. The maximum atomic E-state index is 4.68. The fourth-order valence-corrected chi connectivity index (χ4v) is 7.14. The maximum absolute atomic E-state index is 4.68. The molecule has 4 heteroatoms. The lowest BCUT2D eigenvalue weighted by Gasteiger charge is -2.40. The summed E-state index contributed by atoms with van der Waals surface area (Å²) < 4.78 is 4.68. The van der Waals surface area contributed by atoms with E-state index < -0.39 is 5.54 Å². The first-order chi connectivity index (χ1) is 21.9. The van der Waals surface area contributed by atoms with Crippen molar-refractivity contribution in [1.82, 2.24) is 0 Å². The van der Waals surface area contributed by atoms with Crippen molar-refractivity contribution < 1.29 is 9.14 Å². The minimum Gasteiger partial charge on any atom is -0.217 e. The Hall–Kier alpha value is -3.89. The van der Waals surface area contributed by atoms with E-state index in [1.165, 1.54) is 27.9 Å². The highest BCUT2D eigenvalue weighted by molar-refractivity contribution is 7.80. The molecule has 4 rings (SSSR count). The summed E-state index contributed by atoms with van der Waals surface area (Å²) in [5.74, 6) is 1.40. The molecule has 0 saturated carbocycles. The first-order valence-corrected chi connectivity index (χ1v) is 16.9. The van der Waals surface area contributed by atoms with Gasteiger partial charge in [-0.3, -0.25) is 0 Å². The van der Waals surface area contributed by atoms with Crippen LogP contribution in [0.25, 0.3) is 5.70 Å². The third kappa shape index (κ3) is 7.23. The third-order valence-corrected chi connectivity index (χ3v) is 9.66. The quantitative estimate of drug-likeness (QED) is 0.162. The number of aryl methyl sites for hydroxylation is 3. The summed E-state index contributed by atoms with van der Waals surface area (Å²) in [6.45, 7) is 30.6. The van der Waals surface area contributed by atoms with Crippen molar-refractivity contribution in [2.75, 3.05) is 4.90 Å². The van der Waals surface area contributed by atoms with Crippen LogP contribution in [0.4, 0.5) is 11.5 Å². The summed E-state index contributed by atoms with van der Waals surface area (Å²) in [6.07, 6.45) is 16.0. The monoisotopic (exact) mass is 633 g/mol. The number of benzene rings is 2. The molecular formula is C42H55N3S+2. The number of anilines is 2. The van der Waals surface area contributed by atoms with E-state index in [2.05, 4.69) is 200 Å². The minimum absolute atomic E-state index is 0.0918. The number of thiol groups is 1. The van der Waals surface area contributed by atoms with E-state index in [4.69, 9.17) is 0 Å². The lowest BCUT2D eigenvalue weighted by atomic mass is 9.75. The van der Waals surface area contributed by atoms with Gasteiger partial charge >= 0.3 is 0 Å². The maximum Gasteiger partial charge on any atom is 0.287 e. The number of pyridine rings is 1. The number of nitrogens with zero attached hydrogens (tertiary/aromatic N) is 3. The number of rotatable bonds is 6. The van der Waals surface area contributed by atoms with Crippen molar-refractivity contribution in [3.8, 4) is 0 Å². The normalized spacial score (nSPS) is 21.2. The van der Waals surface area contributed by atoms with Gasteiger partial charge in [0, 0.05) is 16.9 Å². The SMILES string of the molecule is C=CC=[N+]1C(=C)/C(C)=C(/C=C\C)[n+]2ccccc2N(c2ccccc2C)C(CC)C1(C=CC)C(C)C.Cc1cc(C)c(C)c(S)c1. The second-order valence-electron chi connectivity index (χ2n) is 12.5. The molecule has 0 bridgehead atoms. The van der Waals surface area contributed by atoms with E-state index in [0.29, 0.717) is 0 Å². The van der Waals surface area contributed by atoms with Crippen LogP contribution in [-0.4, -0.2) is 22.4 Å². The van der Waals surface area contributed by atoms with Crippen LogP contribution < -0.4 is 9.47 Å². The summed E-state index contributed by atoms with van der Waals surface area (Å²) in [5, 5.41) is 0. The van der Waals surface area contributed by atoms with Gasteiger partial charge in [0.05, 0.1) is 11.8 Å². The van der Waals surface area contributed by atoms with Crippen LogP contribution in [0.3, 0.4) is 0 Å². The summed E-state index contributed by atoms with van der Waals surface area (Å²) in [4.78, 5) is 3.65. The van der Waals surface area contributed by atoms with Crippen LogP contribution in [0.5, 0.6) is 0 Å². The number of hydrogen-bond donors (Lipinski definition) is 1. The highest BCUT2D eigenvalue weighted by Crippen LogP contribution is 2.42. The van der Waals surface area contributed by atoms with E-state index in [0.717, 1.165) is 34.1 Å². The molecule has 0 aliphatic carbocycles. The van der Waals surface area contributed by atoms with Crippen LogP contribution in [0, 0.1) is 33.6 Å². The summed E-state index contributed by atoms with van der Waals surface area (Å²) in [6, 6.07) is 19.5. The number of para-hydroxylation sites is 1. The zero-order valence-electron chi connectivity index (χ0n) is 29.8. The Morgan fingerprint density at radius 1 is 0.957 bits per heavy atom. The molecule has 0 N–H and O–H groups in total. The largest absolute Gasteiger partial charge is 0.287 e. The zero-order valence-corrected chi connectivity index (χ0v) is 30.7. The van der Waals surface area contributed by atoms with Gasteiger partial charge in [0.25, 0.3) is 5.82 Å². The van der Waals surface area contributed by atoms with Gasteiger partial charge in [-0.2, -0.15) is 9.14 Å². The Morgan fingerprint density at radius 2 is 1.63 bits per heavy atom. The molecule has 1 aliphatic rings. The summed E-state index contributed by atoms with van der Waals surface area (Å²) in [7, 11) is 0. The van der Waals surface area contributed by atoms with Gasteiger partial charge in [-0.15, -0.1) is 12.6 Å². The molecule has 0 radical (unpaired) electrons. The summed E-state index contributed by atoms with van der Waals surface area (Å²) in [5.41, 5.74) is 9.16. The molecule has 0 spiro atoms. The Kier molecular flexibility index (Phi) is 12.8. The van der Waals surface area contributed by atoms with Gasteiger partial charge in [-0.25, -0.2) is 4.90 Å². The first kappa shape index (κ1) is 36.6. The molecule has 0 saturated heterocycles. The number of allylic oxidation sites excluding steroid dienone is 6. The molecule has 1 aromatic heterocycles. The molecule has 46 heavy (non-hydrogen) atoms. The van der Waals surface area contributed by atoms with E-state index in [-0.39, 0.29) is 12.0 Å². The van der Waals surface area contributed by atoms with Crippen LogP contribution in [0.15, 0.2) is 120 Å². The zero-order chi connectivity index (χ0) is 34.2. The third-order valence-electron chi connectivity index (χ3n) is 9.20. The fourth-order valence-electron chi connectivity index (χ4n) is 6.76. The highest BCUT2D eigenvalue weighted by atomic mass is 32.1. The Morgan fingerprint density at radius 3 is 2.20 bits per heavy atom. The second kappa shape index (κ2) is 16.1. The predicted octanol–water partition coefficient (Wildman–Crippen LogP) is 10.7. The molecule has 242 valence electrons. The van der Waals surface area contributed by atoms with Gasteiger partial charge in [0.15, 0.2) is 12.3 Å². The average molecular weight is 634 g/mol. The lowest BCUT2D eigenvalue weighted by Crippen LogP contribution is -2.60. The summed E-state index contributed by atoms with van der Waals surface area (Å²) >= 11 is 4.34. The molecule has 0 fully saturated rings. The van der Waals surface area contributed by atoms with Crippen LogP contribution in [-0.2, 0) is 0 Å². The molecule has 1 aliphatic heterocycles. The Bertz CT molecular complexity index is 1660. The standard InChI is InChI=1S/C33H43N3.C9H12S/c1-10-18-30-27(8)28(9)35(23-12-3)33(22-11-2,25(5)6)31(13-4)36(29-20-15-14-19-26(29)7)32-21-16-17-24-34(30)32;1-6-4-7(2)8(3)9(10)5-6/h10-12,14-25,31H,3,9,13H2,1-2,4-8H3;4-5,10H,1-3H3/q+2;/b18-10-,22-11?,30-27-,35-23?;. The van der Waals surface area contributed by atoms with E-state index in [9.17, 15) is 0 Å². The van der Waals surface area contributed by atoms with Crippen molar-refractivity contribution >= 4 is 36.0 Å². The molecule has 3 aromatic rings. The molecule has 2 unspecified atom stereocenters. The number of hydrogen-bond acceptors (Lipinski definition) is 2. The van der Waals surface area contributed by atoms with Crippen molar-refractivity contribution in [2.45, 2.75) is 92.1 Å². The molecule has 2 heterocycles. The highest BCUT2D eigenvalue weighted by Gasteiger charge is 2.57. The first-order valence-electron chi connectivity index (χ1n) is 16.5. The fraction of sp³-hybridized carbons (Fsp3) is 0.333. The second-order valence-corrected chi connectivity index (χ2v) is 13.0. The molecule has 2 aromatic carbocycles. The topological polar surface area (TPSA) is 10.1 Å². The van der Waals surface area contributed by atoms with Crippen molar-refractivity contribution in [3.63, 3.8) is 0 Å². The van der Waals surface area contributed by atoms with Gasteiger partial charge < -0.3 is 0 Å². The molecule has 2 atom stereocenters. The van der Waals surface area contributed by atoms with E-state index >= 15 is 0 Å². The smallest absolute Gasteiger partial charge is 0.217 e. The van der Waals surface area contributed by atoms with Crippen LogP contribution in [0.1, 0.15) is 70.2 Å². The van der Waals surface area contributed by atoms with Crippen molar-refractivity contribution in [3.05, 3.63) is 138 Å². The molecular weight excluding hydrogens is 579 g/mol. The average Bonchev–Trinajstić information content (AvgIpc) is 3.05. The van der Waals surface area contributed by atoms with Crippen LogP contribution >= 0.6 is 12.6 Å². The van der Waals surface area contributed by atoms with E-state index in [1.807, 2.05) is 6.08 Å². The van der Waals surface area contributed by atoms with Gasteiger partial charge in [0.1, 0.15) is 11.4 Å². The minimum atomic E-state index is -0.392. The lowest BCUT2D eigenvalue weighted by molar-refractivity contribution is -0.565. The molecule has 3 nitrogen and oxygen atoms in total. The molecule has 0 amide bonds. The number of fused-ring (bicyclic) bond motifs is 1. The number of aromatic nitrogens is 1. The van der Waals surface area contributed by atoms with E-state index in [1.54, 1.807) is 0 Å². The van der Waals surface area contributed by atoms with Gasteiger partial charge in [-0.1, -0.05) is 69.8 Å². The van der Waals surface area contributed by atoms with Gasteiger partial charge in [-0.05, 0) is 120 Å². The Labute approximate surface area is 285 Å². The van der Waals surface area contributed by atoms with Crippen LogP contribution in [0.2, 0.25) is 0 Å². The van der Waals surface area contributed by atoms with Gasteiger partial charge in [0.2, 0.25) is 11.2 Å². The van der Waals surface area contributed by atoms with Crippen molar-refractivity contribution in [1.29, 1.82) is 0 Å².